The number of aliphatic hydroxyl groups is 6. The van der Waals surface area contributed by atoms with Crippen LogP contribution in [0.2, 0.25) is 0 Å². The van der Waals surface area contributed by atoms with E-state index in [2.05, 4.69) is 0 Å². The summed E-state index contributed by atoms with van der Waals surface area (Å²) in [6.45, 7) is 2.06. The molecular weight excluding hydrogens is 496 g/mol. The Balaban J connectivity index is 1.58. The van der Waals surface area contributed by atoms with Crippen LogP contribution in [0.25, 0.3) is 10.8 Å². The first-order valence-corrected chi connectivity index (χ1v) is 11.5. The van der Waals surface area contributed by atoms with Gasteiger partial charge in [0.1, 0.15) is 60.0 Å². The largest absolute Gasteiger partial charge is 0.507 e. The zero-order valence-electron chi connectivity index (χ0n) is 20.0. The van der Waals surface area contributed by atoms with Crippen molar-refractivity contribution in [1.29, 1.82) is 0 Å². The lowest BCUT2D eigenvalue weighted by atomic mass is 9.96. The van der Waals surface area contributed by atoms with E-state index < -0.39 is 73.4 Å². The number of Topliss-reactive ketones (excluding diaryl/α,β-unsaturated/α-hetero) is 1. The lowest BCUT2D eigenvalue weighted by molar-refractivity contribution is -0.307. The van der Waals surface area contributed by atoms with Crippen molar-refractivity contribution in [2.24, 2.45) is 0 Å². The maximum Gasteiger partial charge on any atom is 0.229 e. The quantitative estimate of drug-likeness (QED) is 0.199. The van der Waals surface area contributed by atoms with E-state index in [1.54, 1.807) is 6.92 Å². The number of hydrogen-bond acceptors (Lipinski definition) is 13. The van der Waals surface area contributed by atoms with Gasteiger partial charge in [-0.3, -0.25) is 4.79 Å². The predicted molar refractivity (Wildman–Crippen MR) is 123 cm³/mol. The Morgan fingerprint density at radius 1 is 0.973 bits per heavy atom. The fourth-order valence-corrected chi connectivity index (χ4v) is 4.51. The molecule has 0 bridgehead atoms. The number of carbonyl (C=O) groups is 1. The van der Waals surface area contributed by atoms with Gasteiger partial charge in [-0.25, -0.2) is 0 Å². The Bertz CT molecular complexity index is 1150. The number of rotatable bonds is 6. The van der Waals surface area contributed by atoms with Gasteiger partial charge in [-0.15, -0.1) is 0 Å². The molecule has 0 unspecified atom stereocenters. The van der Waals surface area contributed by atoms with Crippen LogP contribution < -0.4 is 4.74 Å². The fraction of sp³-hybridized carbons (Fsp3) is 0.542. The van der Waals surface area contributed by atoms with Crippen LogP contribution >= 0.6 is 0 Å². The van der Waals surface area contributed by atoms with Crippen molar-refractivity contribution in [3.63, 3.8) is 0 Å². The number of carbonyl (C=O) groups excluding carboxylic acids is 1. The van der Waals surface area contributed by atoms with Gasteiger partial charge >= 0.3 is 0 Å². The second-order valence-electron chi connectivity index (χ2n) is 9.19. The maximum absolute atomic E-state index is 12.1. The van der Waals surface area contributed by atoms with Gasteiger partial charge in [-0.1, -0.05) is 0 Å². The minimum atomic E-state index is -1.76. The second-order valence-corrected chi connectivity index (χ2v) is 9.19. The third-order valence-electron chi connectivity index (χ3n) is 6.56. The molecule has 0 saturated carbocycles. The van der Waals surface area contributed by atoms with Crippen molar-refractivity contribution in [1.82, 2.24) is 0 Å². The highest BCUT2D eigenvalue weighted by molar-refractivity contribution is 6.08. The maximum atomic E-state index is 12.1. The molecule has 0 spiro atoms. The van der Waals surface area contributed by atoms with Crippen LogP contribution in [0.5, 0.6) is 17.2 Å². The second kappa shape index (κ2) is 10.6. The van der Waals surface area contributed by atoms with Crippen molar-refractivity contribution in [3.05, 3.63) is 29.3 Å². The Labute approximate surface area is 210 Å². The van der Waals surface area contributed by atoms with Gasteiger partial charge < -0.3 is 59.8 Å². The highest BCUT2D eigenvalue weighted by Gasteiger charge is 2.46. The zero-order chi connectivity index (χ0) is 27.2. The Kier molecular flexibility index (Phi) is 7.90. The van der Waals surface area contributed by atoms with Crippen LogP contribution in [-0.2, 0) is 14.2 Å². The Morgan fingerprint density at radius 2 is 1.65 bits per heavy atom. The highest BCUT2D eigenvalue weighted by atomic mass is 16.7. The van der Waals surface area contributed by atoms with Crippen molar-refractivity contribution in [2.75, 3.05) is 13.2 Å². The molecule has 4 rings (SSSR count). The van der Waals surface area contributed by atoms with Crippen LogP contribution in [0.4, 0.5) is 0 Å². The lowest BCUT2D eigenvalue weighted by Crippen LogP contribution is -2.61. The molecule has 0 radical (unpaired) electrons. The first kappa shape index (κ1) is 27.4. The van der Waals surface area contributed by atoms with E-state index >= 15 is 0 Å². The Morgan fingerprint density at radius 3 is 2.32 bits per heavy atom. The van der Waals surface area contributed by atoms with Gasteiger partial charge in [0.05, 0.1) is 24.2 Å². The molecule has 0 aliphatic carbocycles. The number of aliphatic hydroxyl groups excluding tert-OH is 6. The minimum Gasteiger partial charge on any atom is -0.507 e. The normalized spacial score (nSPS) is 34.4. The smallest absolute Gasteiger partial charge is 0.229 e. The number of aryl methyl sites for hydroxylation is 1. The van der Waals surface area contributed by atoms with Gasteiger partial charge in [-0.05, 0) is 37.6 Å². The molecule has 204 valence electrons. The average molecular weight is 526 g/mol. The summed E-state index contributed by atoms with van der Waals surface area (Å²) in [5.74, 6) is -1.19. The minimum absolute atomic E-state index is 0.00754. The van der Waals surface area contributed by atoms with Gasteiger partial charge in [0.15, 0.2) is 12.1 Å². The molecule has 8 N–H and O–H groups in total. The van der Waals surface area contributed by atoms with Gasteiger partial charge in [0.2, 0.25) is 6.29 Å². The van der Waals surface area contributed by atoms with Crippen molar-refractivity contribution < 1.29 is 64.6 Å². The lowest BCUT2D eigenvalue weighted by Gasteiger charge is -2.41. The monoisotopic (exact) mass is 526 g/mol. The van der Waals surface area contributed by atoms with E-state index in [4.69, 9.17) is 18.9 Å². The topological polar surface area (TPSA) is 216 Å². The van der Waals surface area contributed by atoms with Crippen molar-refractivity contribution >= 4 is 16.6 Å². The van der Waals surface area contributed by atoms with E-state index in [-0.39, 0.29) is 34.4 Å². The van der Waals surface area contributed by atoms with E-state index in [9.17, 15) is 45.6 Å². The standard InChI is InChI=1S/C24H30O13/c1-8-5-10-11(26)3-4-13(16(10)19(30)15(8)9(2)25)36-24-22(33)20(31)18(29)14(37-24)7-35-23-21(32)17(28)12(27)6-34-23/h3-5,12,14,17-18,20-24,26-33H,6-7H2,1-2H3/t12-,14-,17+,18-,20+,21-,22-,23+,24-/m1/s1. The number of phenols is 2. The molecule has 2 aliphatic rings. The number of phenolic OH excluding ortho intramolecular Hbond substituents is 2. The molecule has 2 aromatic carbocycles. The molecule has 2 aliphatic heterocycles. The number of aromatic hydroxyl groups is 2. The fourth-order valence-electron chi connectivity index (χ4n) is 4.51. The molecule has 13 nitrogen and oxygen atoms in total. The molecule has 2 fully saturated rings. The predicted octanol–water partition coefficient (Wildman–Crippen LogP) is -1.60. The van der Waals surface area contributed by atoms with Gasteiger partial charge in [0.25, 0.3) is 0 Å². The summed E-state index contributed by atoms with van der Waals surface area (Å²) < 4.78 is 21.9. The average Bonchev–Trinajstić information content (AvgIpc) is 2.84. The van der Waals surface area contributed by atoms with Crippen molar-refractivity contribution in [2.45, 2.75) is 69.2 Å². The Hall–Kier alpha value is -2.59. The first-order valence-electron chi connectivity index (χ1n) is 11.5. The third kappa shape index (κ3) is 5.10. The molecule has 37 heavy (non-hydrogen) atoms. The van der Waals surface area contributed by atoms with Crippen LogP contribution in [0.1, 0.15) is 22.8 Å². The molecule has 13 heteroatoms. The van der Waals surface area contributed by atoms with E-state index in [1.807, 2.05) is 0 Å². The molecular formula is C24H30O13. The van der Waals surface area contributed by atoms with Crippen LogP contribution in [0, 0.1) is 6.92 Å². The highest BCUT2D eigenvalue weighted by Crippen LogP contribution is 2.43. The summed E-state index contributed by atoms with van der Waals surface area (Å²) in [4.78, 5) is 12.1. The summed E-state index contributed by atoms with van der Waals surface area (Å²) in [7, 11) is 0. The molecule has 2 saturated heterocycles. The molecule has 9 atom stereocenters. The van der Waals surface area contributed by atoms with E-state index in [0.29, 0.717) is 5.56 Å². The number of ketones is 1. The molecule has 2 aromatic rings. The SMILES string of the molecule is CC(=O)c1c(C)cc2c(O)ccc(O[C@@H]3O[C@H](CO[C@@H]4OC[C@@H](O)[C@H](O)[C@H]4O)[C@@H](O)[C@H](O)[C@H]3O)c2c1O. The van der Waals surface area contributed by atoms with Crippen LogP contribution in [0.3, 0.4) is 0 Å². The molecule has 2 heterocycles. The summed E-state index contributed by atoms with van der Waals surface area (Å²) in [5.41, 5.74) is 0.424. The summed E-state index contributed by atoms with van der Waals surface area (Å²) in [6.07, 6.45) is -13.9. The molecule has 0 amide bonds. The van der Waals surface area contributed by atoms with E-state index in [1.165, 1.54) is 25.1 Å². The van der Waals surface area contributed by atoms with Gasteiger partial charge in [-0.2, -0.15) is 0 Å². The third-order valence-corrected chi connectivity index (χ3v) is 6.56. The number of ether oxygens (including phenoxy) is 4. The first-order chi connectivity index (χ1) is 17.4. The summed E-state index contributed by atoms with van der Waals surface area (Å²) in [5, 5.41) is 81.9. The number of fused-ring (bicyclic) bond motifs is 1. The van der Waals surface area contributed by atoms with Crippen LogP contribution in [0.15, 0.2) is 18.2 Å². The van der Waals surface area contributed by atoms with Gasteiger partial charge in [0, 0.05) is 5.39 Å². The molecule has 0 aromatic heterocycles. The zero-order valence-corrected chi connectivity index (χ0v) is 20.0. The van der Waals surface area contributed by atoms with E-state index in [0.717, 1.165) is 0 Å². The summed E-state index contributed by atoms with van der Waals surface area (Å²) in [6, 6.07) is 4.03. The number of hydrogen-bond donors (Lipinski definition) is 8. The number of benzene rings is 2. The van der Waals surface area contributed by atoms with Crippen LogP contribution in [-0.4, -0.2) is 115 Å². The summed E-state index contributed by atoms with van der Waals surface area (Å²) >= 11 is 0. The van der Waals surface area contributed by atoms with Crippen molar-refractivity contribution in [3.8, 4) is 17.2 Å².